The molecule has 0 radical (unpaired) electrons. The van der Waals surface area contributed by atoms with Gasteiger partial charge >= 0.3 is 5.97 Å². The molecule has 3 rings (SSSR count). The van der Waals surface area contributed by atoms with Crippen molar-refractivity contribution in [3.8, 4) is 5.75 Å². The maximum absolute atomic E-state index is 11.7. The SMILES string of the molecule is COc1ccc([C@H]2CN(Cc3ccccc3)C[C@@H]2C(=O)O)cc1.Cl. The van der Waals surface area contributed by atoms with Crippen molar-refractivity contribution in [3.63, 3.8) is 0 Å². The summed E-state index contributed by atoms with van der Waals surface area (Å²) in [6.07, 6.45) is 0. The number of carboxylic acid groups (broad SMARTS) is 1. The van der Waals surface area contributed by atoms with E-state index in [2.05, 4.69) is 17.0 Å². The van der Waals surface area contributed by atoms with Crippen LogP contribution in [0.4, 0.5) is 0 Å². The Hall–Kier alpha value is -2.04. The van der Waals surface area contributed by atoms with E-state index in [4.69, 9.17) is 4.74 Å². The summed E-state index contributed by atoms with van der Waals surface area (Å²) in [5, 5.41) is 9.58. The predicted molar refractivity (Wildman–Crippen MR) is 95.8 cm³/mol. The van der Waals surface area contributed by atoms with Crippen LogP contribution in [0.2, 0.25) is 0 Å². The molecular formula is C19H22ClNO3. The van der Waals surface area contributed by atoms with Crippen LogP contribution in [0.25, 0.3) is 0 Å². The Bertz CT molecular complexity index is 660. The van der Waals surface area contributed by atoms with Crippen LogP contribution in [-0.4, -0.2) is 36.2 Å². The molecule has 0 aliphatic carbocycles. The van der Waals surface area contributed by atoms with Crippen LogP contribution in [0, 0.1) is 5.92 Å². The molecular weight excluding hydrogens is 326 g/mol. The van der Waals surface area contributed by atoms with E-state index >= 15 is 0 Å². The molecule has 5 heteroatoms. The van der Waals surface area contributed by atoms with Crippen LogP contribution < -0.4 is 4.74 Å². The highest BCUT2D eigenvalue weighted by Crippen LogP contribution is 2.34. The minimum Gasteiger partial charge on any atom is -0.497 e. The lowest BCUT2D eigenvalue weighted by Crippen LogP contribution is -2.23. The van der Waals surface area contributed by atoms with Crippen molar-refractivity contribution in [2.75, 3.05) is 20.2 Å². The van der Waals surface area contributed by atoms with Crippen LogP contribution >= 0.6 is 12.4 Å². The summed E-state index contributed by atoms with van der Waals surface area (Å²) < 4.78 is 5.18. The molecule has 0 bridgehead atoms. The molecule has 0 amide bonds. The van der Waals surface area contributed by atoms with Gasteiger partial charge in [-0.25, -0.2) is 0 Å². The lowest BCUT2D eigenvalue weighted by atomic mass is 9.89. The highest BCUT2D eigenvalue weighted by atomic mass is 35.5. The number of aliphatic carboxylic acids is 1. The minimum absolute atomic E-state index is 0. The van der Waals surface area contributed by atoms with E-state index in [1.165, 1.54) is 5.56 Å². The topological polar surface area (TPSA) is 49.8 Å². The Morgan fingerprint density at radius 3 is 2.38 bits per heavy atom. The van der Waals surface area contributed by atoms with Gasteiger partial charge in [0, 0.05) is 25.6 Å². The summed E-state index contributed by atoms with van der Waals surface area (Å²) in [4.78, 5) is 13.9. The second-order valence-corrected chi connectivity index (χ2v) is 6.00. The van der Waals surface area contributed by atoms with Gasteiger partial charge in [-0.15, -0.1) is 12.4 Å². The fraction of sp³-hybridized carbons (Fsp3) is 0.316. The minimum atomic E-state index is -0.721. The van der Waals surface area contributed by atoms with Crippen LogP contribution in [0.3, 0.4) is 0 Å². The van der Waals surface area contributed by atoms with Gasteiger partial charge in [0.1, 0.15) is 5.75 Å². The number of hydrogen-bond donors (Lipinski definition) is 1. The van der Waals surface area contributed by atoms with E-state index in [1.54, 1.807) is 7.11 Å². The number of carboxylic acids is 1. The molecule has 0 saturated carbocycles. The predicted octanol–water partition coefficient (Wildman–Crippen LogP) is 3.42. The Labute approximate surface area is 148 Å². The fourth-order valence-electron chi connectivity index (χ4n) is 3.30. The molecule has 1 aliphatic rings. The lowest BCUT2D eigenvalue weighted by molar-refractivity contribution is -0.141. The van der Waals surface area contributed by atoms with E-state index in [1.807, 2.05) is 42.5 Å². The zero-order valence-corrected chi connectivity index (χ0v) is 14.4. The molecule has 1 heterocycles. The molecule has 0 spiro atoms. The quantitative estimate of drug-likeness (QED) is 0.900. The van der Waals surface area contributed by atoms with Gasteiger partial charge in [0.05, 0.1) is 13.0 Å². The van der Waals surface area contributed by atoms with Crippen molar-refractivity contribution >= 4 is 18.4 Å². The van der Waals surface area contributed by atoms with Gasteiger partial charge in [-0.3, -0.25) is 9.69 Å². The Morgan fingerprint density at radius 2 is 1.79 bits per heavy atom. The first-order valence-corrected chi connectivity index (χ1v) is 7.80. The largest absolute Gasteiger partial charge is 0.497 e. The molecule has 2 aromatic rings. The van der Waals surface area contributed by atoms with Crippen molar-refractivity contribution < 1.29 is 14.6 Å². The normalized spacial score (nSPS) is 20.4. The highest BCUT2D eigenvalue weighted by molar-refractivity contribution is 5.85. The maximum atomic E-state index is 11.7. The molecule has 1 aliphatic heterocycles. The summed E-state index contributed by atoms with van der Waals surface area (Å²) in [5.41, 5.74) is 2.28. The zero-order valence-electron chi connectivity index (χ0n) is 13.6. The average molecular weight is 348 g/mol. The van der Waals surface area contributed by atoms with Gasteiger partial charge in [-0.2, -0.15) is 0 Å². The number of carbonyl (C=O) groups is 1. The first-order chi connectivity index (χ1) is 11.2. The Morgan fingerprint density at radius 1 is 1.12 bits per heavy atom. The van der Waals surface area contributed by atoms with E-state index in [0.717, 1.165) is 24.4 Å². The number of nitrogens with zero attached hydrogens (tertiary/aromatic N) is 1. The molecule has 0 aromatic heterocycles. The van der Waals surface area contributed by atoms with Crippen molar-refractivity contribution in [1.29, 1.82) is 0 Å². The third-order valence-corrected chi connectivity index (χ3v) is 4.51. The van der Waals surface area contributed by atoms with Crippen molar-refractivity contribution in [2.45, 2.75) is 12.5 Å². The lowest BCUT2D eigenvalue weighted by Gasteiger charge is -2.16. The highest BCUT2D eigenvalue weighted by Gasteiger charge is 2.38. The Kier molecular flexibility index (Phi) is 6.23. The van der Waals surface area contributed by atoms with Gasteiger partial charge in [-0.1, -0.05) is 42.5 Å². The van der Waals surface area contributed by atoms with E-state index in [0.29, 0.717) is 6.54 Å². The van der Waals surface area contributed by atoms with Gasteiger partial charge in [-0.05, 0) is 23.3 Å². The number of rotatable bonds is 5. The number of hydrogen-bond acceptors (Lipinski definition) is 3. The monoisotopic (exact) mass is 347 g/mol. The van der Waals surface area contributed by atoms with Crippen LogP contribution in [0.1, 0.15) is 17.0 Å². The van der Waals surface area contributed by atoms with Crippen LogP contribution in [0.15, 0.2) is 54.6 Å². The van der Waals surface area contributed by atoms with Crippen molar-refractivity contribution in [2.24, 2.45) is 5.92 Å². The molecule has 1 saturated heterocycles. The number of methoxy groups -OCH3 is 1. The van der Waals surface area contributed by atoms with E-state index < -0.39 is 5.97 Å². The zero-order chi connectivity index (χ0) is 16.2. The van der Waals surface area contributed by atoms with Crippen LogP contribution in [-0.2, 0) is 11.3 Å². The summed E-state index contributed by atoms with van der Waals surface area (Å²) >= 11 is 0. The second kappa shape index (κ2) is 8.18. The molecule has 2 aromatic carbocycles. The van der Waals surface area contributed by atoms with E-state index in [9.17, 15) is 9.90 Å². The smallest absolute Gasteiger partial charge is 0.308 e. The molecule has 4 nitrogen and oxygen atoms in total. The molecule has 1 N–H and O–H groups in total. The Balaban J connectivity index is 0.00000208. The number of benzene rings is 2. The second-order valence-electron chi connectivity index (χ2n) is 6.00. The number of halogens is 1. The number of likely N-dealkylation sites (tertiary alicyclic amines) is 1. The summed E-state index contributed by atoms with van der Waals surface area (Å²) in [6.45, 7) is 2.14. The molecule has 128 valence electrons. The van der Waals surface area contributed by atoms with Crippen LogP contribution in [0.5, 0.6) is 5.75 Å². The van der Waals surface area contributed by atoms with E-state index in [-0.39, 0.29) is 24.2 Å². The fourth-order valence-corrected chi connectivity index (χ4v) is 3.30. The summed E-state index contributed by atoms with van der Waals surface area (Å²) in [6, 6.07) is 17.9. The average Bonchev–Trinajstić information content (AvgIpc) is 3.00. The molecule has 2 atom stereocenters. The first kappa shape index (κ1) is 18.3. The number of ether oxygens (including phenoxy) is 1. The summed E-state index contributed by atoms with van der Waals surface area (Å²) in [5.74, 6) is -0.282. The molecule has 24 heavy (non-hydrogen) atoms. The van der Waals surface area contributed by atoms with Crippen molar-refractivity contribution in [1.82, 2.24) is 4.90 Å². The third kappa shape index (κ3) is 4.08. The van der Waals surface area contributed by atoms with Gasteiger partial charge in [0.15, 0.2) is 0 Å². The standard InChI is InChI=1S/C19H21NO3.ClH/c1-23-16-9-7-15(8-10-16)17-12-20(13-18(17)19(21)22)11-14-5-3-2-4-6-14;/h2-10,17-18H,11-13H2,1H3,(H,21,22);1H/t17-,18+;/m1./s1. The van der Waals surface area contributed by atoms with Crippen molar-refractivity contribution in [3.05, 3.63) is 65.7 Å². The summed E-state index contributed by atoms with van der Waals surface area (Å²) in [7, 11) is 1.63. The maximum Gasteiger partial charge on any atom is 0.308 e. The molecule has 0 unspecified atom stereocenters. The van der Waals surface area contributed by atoms with Gasteiger partial charge in [0.25, 0.3) is 0 Å². The third-order valence-electron chi connectivity index (χ3n) is 4.51. The van der Waals surface area contributed by atoms with Gasteiger partial charge < -0.3 is 9.84 Å². The molecule has 1 fully saturated rings. The van der Waals surface area contributed by atoms with Gasteiger partial charge in [0.2, 0.25) is 0 Å². The first-order valence-electron chi connectivity index (χ1n) is 7.80.